The predicted octanol–water partition coefficient (Wildman–Crippen LogP) is 3.84. The van der Waals surface area contributed by atoms with Crippen LogP contribution in [0.3, 0.4) is 0 Å². The van der Waals surface area contributed by atoms with Crippen molar-refractivity contribution in [3.8, 4) is 0 Å². The van der Waals surface area contributed by atoms with Crippen molar-refractivity contribution < 1.29 is 9.18 Å². The highest BCUT2D eigenvalue weighted by Crippen LogP contribution is 2.24. The lowest BCUT2D eigenvalue weighted by atomic mass is 10.0. The Labute approximate surface area is 147 Å². The van der Waals surface area contributed by atoms with E-state index in [9.17, 15) is 9.18 Å². The van der Waals surface area contributed by atoms with Crippen molar-refractivity contribution in [2.24, 2.45) is 7.05 Å². The minimum Gasteiger partial charge on any atom is -0.338 e. The van der Waals surface area contributed by atoms with E-state index in [-0.39, 0.29) is 11.7 Å². The molecule has 1 heterocycles. The highest BCUT2D eigenvalue weighted by Gasteiger charge is 2.24. The number of imidazole rings is 1. The van der Waals surface area contributed by atoms with Gasteiger partial charge in [-0.2, -0.15) is 0 Å². The molecule has 122 valence electrons. The molecule has 0 radical (unpaired) electrons. The molecule has 0 saturated heterocycles. The number of aromatic nitrogens is 2. The molecule has 0 aliphatic rings. The van der Waals surface area contributed by atoms with Crippen LogP contribution in [-0.4, -0.2) is 15.5 Å². The summed E-state index contributed by atoms with van der Waals surface area (Å²) in [5.41, 5.74) is 0.857. The Morgan fingerprint density at radius 1 is 1.25 bits per heavy atom. The number of carbonyl (C=O) groups excluding carboxylic acids is 1. The lowest BCUT2D eigenvalue weighted by molar-refractivity contribution is 0.0940. The summed E-state index contributed by atoms with van der Waals surface area (Å²) in [6, 6.07) is 12.7. The predicted molar refractivity (Wildman–Crippen MR) is 93.1 cm³/mol. The van der Waals surface area contributed by atoms with Crippen LogP contribution in [-0.2, 0) is 7.05 Å². The van der Waals surface area contributed by atoms with Gasteiger partial charge in [0, 0.05) is 35.0 Å². The molecular formula is C18H15BrFN3O. The van der Waals surface area contributed by atoms with Gasteiger partial charge in [0.1, 0.15) is 17.7 Å². The zero-order valence-electron chi connectivity index (χ0n) is 12.9. The van der Waals surface area contributed by atoms with Crippen LogP contribution in [0, 0.1) is 5.82 Å². The van der Waals surface area contributed by atoms with Crippen LogP contribution in [0.1, 0.15) is 27.8 Å². The first-order valence-corrected chi connectivity index (χ1v) is 8.13. The molecule has 0 aliphatic heterocycles. The van der Waals surface area contributed by atoms with E-state index in [1.165, 1.54) is 6.07 Å². The number of nitrogens with one attached hydrogen (secondary N) is 1. The van der Waals surface area contributed by atoms with Crippen LogP contribution in [0.15, 0.2) is 65.4 Å². The minimum atomic E-state index is -0.683. The molecular weight excluding hydrogens is 373 g/mol. The van der Waals surface area contributed by atoms with Crippen LogP contribution in [0.4, 0.5) is 4.39 Å². The van der Waals surface area contributed by atoms with Crippen molar-refractivity contribution in [2.45, 2.75) is 6.04 Å². The lowest BCUT2D eigenvalue weighted by Gasteiger charge is -2.20. The summed E-state index contributed by atoms with van der Waals surface area (Å²) < 4.78 is 16.8. The van der Waals surface area contributed by atoms with Gasteiger partial charge in [0.15, 0.2) is 0 Å². The molecule has 4 nitrogen and oxygen atoms in total. The van der Waals surface area contributed by atoms with Gasteiger partial charge in [-0.15, -0.1) is 0 Å². The average Bonchev–Trinajstić information content (AvgIpc) is 2.99. The van der Waals surface area contributed by atoms with Crippen molar-refractivity contribution in [3.05, 3.63) is 88.2 Å². The number of nitrogens with zero attached hydrogens (tertiary/aromatic N) is 2. The van der Waals surface area contributed by atoms with Gasteiger partial charge in [0.05, 0.1) is 0 Å². The van der Waals surface area contributed by atoms with E-state index >= 15 is 0 Å². The minimum absolute atomic E-state index is 0.299. The van der Waals surface area contributed by atoms with Gasteiger partial charge in [-0.05, 0) is 24.3 Å². The molecule has 0 unspecified atom stereocenters. The van der Waals surface area contributed by atoms with E-state index in [1.54, 1.807) is 60.4 Å². The van der Waals surface area contributed by atoms with Gasteiger partial charge in [-0.1, -0.05) is 40.2 Å². The third-order valence-electron chi connectivity index (χ3n) is 3.70. The van der Waals surface area contributed by atoms with E-state index in [2.05, 4.69) is 26.2 Å². The Kier molecular flexibility index (Phi) is 4.76. The molecule has 1 amide bonds. The van der Waals surface area contributed by atoms with Gasteiger partial charge in [-0.3, -0.25) is 4.79 Å². The fourth-order valence-electron chi connectivity index (χ4n) is 2.49. The zero-order chi connectivity index (χ0) is 17.1. The van der Waals surface area contributed by atoms with E-state index in [1.807, 2.05) is 6.07 Å². The van der Waals surface area contributed by atoms with Crippen molar-refractivity contribution >= 4 is 21.8 Å². The van der Waals surface area contributed by atoms with Gasteiger partial charge in [0.2, 0.25) is 0 Å². The molecule has 0 fully saturated rings. The Balaban J connectivity index is 1.98. The third kappa shape index (κ3) is 3.38. The number of carbonyl (C=O) groups is 1. The SMILES string of the molecule is Cn1ccnc1[C@H](NC(=O)c1cccc(Br)c1)c1ccccc1F. The summed E-state index contributed by atoms with van der Waals surface area (Å²) in [6.45, 7) is 0. The van der Waals surface area contributed by atoms with Crippen molar-refractivity contribution in [1.29, 1.82) is 0 Å². The smallest absolute Gasteiger partial charge is 0.252 e. The monoisotopic (exact) mass is 387 g/mol. The maximum atomic E-state index is 14.3. The molecule has 3 aromatic rings. The Morgan fingerprint density at radius 2 is 2.04 bits per heavy atom. The first-order valence-electron chi connectivity index (χ1n) is 7.34. The van der Waals surface area contributed by atoms with Crippen LogP contribution in [0.2, 0.25) is 0 Å². The van der Waals surface area contributed by atoms with Gasteiger partial charge in [-0.25, -0.2) is 9.37 Å². The van der Waals surface area contributed by atoms with Gasteiger partial charge < -0.3 is 9.88 Å². The van der Waals surface area contributed by atoms with Crippen LogP contribution in [0.5, 0.6) is 0 Å². The largest absolute Gasteiger partial charge is 0.338 e. The summed E-state index contributed by atoms with van der Waals surface area (Å²) in [4.78, 5) is 16.9. The topological polar surface area (TPSA) is 46.9 Å². The maximum absolute atomic E-state index is 14.3. The number of hydrogen-bond donors (Lipinski definition) is 1. The second-order valence-electron chi connectivity index (χ2n) is 5.33. The molecule has 3 rings (SSSR count). The molecule has 1 N–H and O–H groups in total. The van der Waals surface area contributed by atoms with Crippen molar-refractivity contribution in [2.75, 3.05) is 0 Å². The molecule has 0 spiro atoms. The van der Waals surface area contributed by atoms with Crippen LogP contribution >= 0.6 is 15.9 Å². The standard InChI is InChI=1S/C18H15BrFN3O/c1-23-10-9-21-17(23)16(14-7-2-3-8-15(14)20)22-18(24)12-5-4-6-13(19)11-12/h2-11,16H,1H3,(H,22,24)/t16-/m1/s1. The summed E-state index contributed by atoms with van der Waals surface area (Å²) >= 11 is 3.35. The number of benzene rings is 2. The average molecular weight is 388 g/mol. The maximum Gasteiger partial charge on any atom is 0.252 e. The molecule has 0 aliphatic carbocycles. The van der Waals surface area contributed by atoms with Crippen LogP contribution in [0.25, 0.3) is 0 Å². The number of hydrogen-bond acceptors (Lipinski definition) is 2. The summed E-state index contributed by atoms with van der Waals surface area (Å²) in [5, 5.41) is 2.88. The molecule has 1 aromatic heterocycles. The molecule has 6 heteroatoms. The normalized spacial score (nSPS) is 12.0. The Hall–Kier alpha value is -2.47. The first kappa shape index (κ1) is 16.4. The van der Waals surface area contributed by atoms with E-state index in [0.29, 0.717) is 17.0 Å². The Morgan fingerprint density at radius 3 is 2.71 bits per heavy atom. The first-order chi connectivity index (χ1) is 11.6. The Bertz CT molecular complexity index is 878. The fraction of sp³-hybridized carbons (Fsp3) is 0.111. The summed E-state index contributed by atoms with van der Waals surface area (Å²) in [5.74, 6) is -0.129. The highest BCUT2D eigenvalue weighted by molar-refractivity contribution is 9.10. The second-order valence-corrected chi connectivity index (χ2v) is 6.25. The molecule has 2 aromatic carbocycles. The quantitative estimate of drug-likeness (QED) is 0.738. The van der Waals surface area contributed by atoms with Crippen LogP contribution < -0.4 is 5.32 Å². The second kappa shape index (κ2) is 6.97. The number of amides is 1. The van der Waals surface area contributed by atoms with Crippen molar-refractivity contribution in [3.63, 3.8) is 0 Å². The van der Waals surface area contributed by atoms with E-state index in [4.69, 9.17) is 0 Å². The molecule has 0 saturated carbocycles. The summed E-state index contributed by atoms with van der Waals surface area (Å²) in [7, 11) is 1.81. The molecule has 0 bridgehead atoms. The molecule has 1 atom stereocenters. The van der Waals surface area contributed by atoms with Crippen molar-refractivity contribution in [1.82, 2.24) is 14.9 Å². The summed E-state index contributed by atoms with van der Waals surface area (Å²) in [6.07, 6.45) is 3.38. The molecule has 24 heavy (non-hydrogen) atoms. The number of rotatable bonds is 4. The van der Waals surface area contributed by atoms with E-state index < -0.39 is 6.04 Å². The van der Waals surface area contributed by atoms with Gasteiger partial charge >= 0.3 is 0 Å². The highest BCUT2D eigenvalue weighted by atomic mass is 79.9. The third-order valence-corrected chi connectivity index (χ3v) is 4.19. The van der Waals surface area contributed by atoms with E-state index in [0.717, 1.165) is 4.47 Å². The zero-order valence-corrected chi connectivity index (χ0v) is 14.5. The number of aryl methyl sites for hydroxylation is 1. The lowest BCUT2D eigenvalue weighted by Crippen LogP contribution is -2.31. The fourth-order valence-corrected chi connectivity index (χ4v) is 2.89. The number of halogens is 2. The van der Waals surface area contributed by atoms with Gasteiger partial charge in [0.25, 0.3) is 5.91 Å².